The van der Waals surface area contributed by atoms with Crippen molar-refractivity contribution in [2.24, 2.45) is 7.05 Å². The summed E-state index contributed by atoms with van der Waals surface area (Å²) in [6.45, 7) is 9.86. The SMILES string of the molecule is COc1cn(C)c(=O)c(C(C)(C)C)c1OC(C)C. The second-order valence-electron chi connectivity index (χ2n) is 5.73. The van der Waals surface area contributed by atoms with E-state index in [2.05, 4.69) is 0 Å². The molecule has 0 bridgehead atoms. The number of hydrogen-bond donors (Lipinski definition) is 0. The molecule has 1 rings (SSSR count). The van der Waals surface area contributed by atoms with Gasteiger partial charge in [0.2, 0.25) is 0 Å². The summed E-state index contributed by atoms with van der Waals surface area (Å²) in [6.07, 6.45) is 1.65. The van der Waals surface area contributed by atoms with Gasteiger partial charge in [-0.15, -0.1) is 0 Å². The summed E-state index contributed by atoms with van der Waals surface area (Å²) >= 11 is 0. The lowest BCUT2D eigenvalue weighted by Gasteiger charge is -2.25. The van der Waals surface area contributed by atoms with Crippen LogP contribution in [-0.2, 0) is 12.5 Å². The van der Waals surface area contributed by atoms with Gasteiger partial charge in [-0.3, -0.25) is 4.79 Å². The average molecular weight is 253 g/mol. The quantitative estimate of drug-likeness (QED) is 0.831. The van der Waals surface area contributed by atoms with E-state index in [1.807, 2.05) is 34.6 Å². The van der Waals surface area contributed by atoms with Crippen molar-refractivity contribution < 1.29 is 9.47 Å². The Morgan fingerprint density at radius 1 is 1.28 bits per heavy atom. The Morgan fingerprint density at radius 2 is 1.83 bits per heavy atom. The fourth-order valence-electron chi connectivity index (χ4n) is 1.85. The molecule has 1 aromatic heterocycles. The molecule has 0 aliphatic heterocycles. The third kappa shape index (κ3) is 2.86. The highest BCUT2D eigenvalue weighted by Crippen LogP contribution is 2.36. The zero-order valence-electron chi connectivity index (χ0n) is 12.3. The summed E-state index contributed by atoms with van der Waals surface area (Å²) < 4.78 is 12.7. The van der Waals surface area contributed by atoms with Gasteiger partial charge in [0.15, 0.2) is 11.5 Å². The maximum Gasteiger partial charge on any atom is 0.258 e. The number of ether oxygens (including phenoxy) is 2. The summed E-state index contributed by atoms with van der Waals surface area (Å²) in [4.78, 5) is 12.3. The Balaban J connectivity index is 3.62. The Kier molecular flexibility index (Phi) is 4.09. The van der Waals surface area contributed by atoms with Crippen LogP contribution >= 0.6 is 0 Å². The lowest BCUT2D eigenvalue weighted by Crippen LogP contribution is -2.30. The van der Waals surface area contributed by atoms with Crippen LogP contribution < -0.4 is 15.0 Å². The van der Waals surface area contributed by atoms with Gasteiger partial charge in [-0.05, 0) is 19.3 Å². The van der Waals surface area contributed by atoms with Gasteiger partial charge in [0.25, 0.3) is 5.56 Å². The van der Waals surface area contributed by atoms with Gasteiger partial charge in [0.1, 0.15) is 0 Å². The predicted molar refractivity (Wildman–Crippen MR) is 72.7 cm³/mol. The highest BCUT2D eigenvalue weighted by Gasteiger charge is 2.27. The molecule has 0 amide bonds. The van der Waals surface area contributed by atoms with Crippen molar-refractivity contribution >= 4 is 0 Å². The highest BCUT2D eigenvalue weighted by molar-refractivity contribution is 5.47. The number of nitrogens with zero attached hydrogens (tertiary/aromatic N) is 1. The molecule has 0 atom stereocenters. The van der Waals surface area contributed by atoms with E-state index in [-0.39, 0.29) is 17.1 Å². The van der Waals surface area contributed by atoms with Crippen LogP contribution in [0.4, 0.5) is 0 Å². The van der Waals surface area contributed by atoms with Crippen LogP contribution in [0.25, 0.3) is 0 Å². The third-order valence-corrected chi connectivity index (χ3v) is 2.62. The van der Waals surface area contributed by atoms with Crippen LogP contribution in [0.3, 0.4) is 0 Å². The summed E-state index contributed by atoms with van der Waals surface area (Å²) in [5, 5.41) is 0. The number of aryl methyl sites for hydroxylation is 1. The lowest BCUT2D eigenvalue weighted by atomic mass is 9.87. The van der Waals surface area contributed by atoms with Crippen LogP contribution in [0.1, 0.15) is 40.2 Å². The standard InChI is InChI=1S/C14H23NO3/c1-9(2)18-12-10(17-7)8-15(6)13(16)11(12)14(3,4)5/h8-9H,1-7H3. The minimum absolute atomic E-state index is 0.00731. The van der Waals surface area contributed by atoms with Gasteiger partial charge in [-0.2, -0.15) is 0 Å². The molecule has 4 heteroatoms. The van der Waals surface area contributed by atoms with Crippen molar-refractivity contribution in [2.45, 2.75) is 46.1 Å². The predicted octanol–water partition coefficient (Wildman–Crippen LogP) is 2.48. The van der Waals surface area contributed by atoms with Gasteiger partial charge in [-0.1, -0.05) is 20.8 Å². The molecule has 0 fully saturated rings. The molecular weight excluding hydrogens is 230 g/mol. The van der Waals surface area contributed by atoms with Crippen molar-refractivity contribution in [3.05, 3.63) is 22.1 Å². The van der Waals surface area contributed by atoms with E-state index in [0.717, 1.165) is 0 Å². The molecular formula is C14H23NO3. The summed E-state index contributed by atoms with van der Waals surface area (Å²) in [6, 6.07) is 0. The molecule has 0 radical (unpaired) electrons. The first-order valence-electron chi connectivity index (χ1n) is 6.13. The first-order valence-corrected chi connectivity index (χ1v) is 6.13. The first kappa shape index (κ1) is 14.6. The summed E-state index contributed by atoms with van der Waals surface area (Å²) in [5.74, 6) is 1.15. The number of methoxy groups -OCH3 is 1. The van der Waals surface area contributed by atoms with Gasteiger partial charge in [0, 0.05) is 7.05 Å². The van der Waals surface area contributed by atoms with Crippen molar-refractivity contribution in [3.63, 3.8) is 0 Å². The van der Waals surface area contributed by atoms with E-state index in [9.17, 15) is 4.79 Å². The largest absolute Gasteiger partial charge is 0.491 e. The lowest BCUT2D eigenvalue weighted by molar-refractivity contribution is 0.222. The van der Waals surface area contributed by atoms with E-state index in [4.69, 9.17) is 9.47 Å². The molecule has 0 N–H and O–H groups in total. The molecule has 0 aliphatic carbocycles. The van der Waals surface area contributed by atoms with E-state index >= 15 is 0 Å². The number of aromatic nitrogens is 1. The number of pyridine rings is 1. The van der Waals surface area contributed by atoms with E-state index in [1.165, 1.54) is 4.57 Å². The van der Waals surface area contributed by atoms with Crippen LogP contribution in [0.5, 0.6) is 11.5 Å². The molecule has 0 saturated heterocycles. The molecule has 1 heterocycles. The van der Waals surface area contributed by atoms with Crippen LogP contribution in [0.2, 0.25) is 0 Å². The Hall–Kier alpha value is -1.45. The zero-order chi connectivity index (χ0) is 14.1. The van der Waals surface area contributed by atoms with Crippen LogP contribution in [0.15, 0.2) is 11.0 Å². The van der Waals surface area contributed by atoms with Gasteiger partial charge < -0.3 is 14.0 Å². The Labute approximate surface area is 109 Å². The zero-order valence-corrected chi connectivity index (χ0v) is 12.3. The van der Waals surface area contributed by atoms with Crippen LogP contribution in [0, 0.1) is 0 Å². The molecule has 0 spiro atoms. The fourth-order valence-corrected chi connectivity index (χ4v) is 1.85. The maximum absolute atomic E-state index is 12.3. The minimum Gasteiger partial charge on any atom is -0.491 e. The second kappa shape index (κ2) is 5.04. The molecule has 0 aromatic carbocycles. The van der Waals surface area contributed by atoms with Gasteiger partial charge in [-0.25, -0.2) is 0 Å². The van der Waals surface area contributed by atoms with Gasteiger partial charge >= 0.3 is 0 Å². The smallest absolute Gasteiger partial charge is 0.258 e. The van der Waals surface area contributed by atoms with Crippen molar-refractivity contribution in [2.75, 3.05) is 7.11 Å². The van der Waals surface area contributed by atoms with Crippen LogP contribution in [-0.4, -0.2) is 17.8 Å². The molecule has 0 aliphatic rings. The Morgan fingerprint density at radius 3 is 2.22 bits per heavy atom. The van der Waals surface area contributed by atoms with E-state index in [1.54, 1.807) is 20.4 Å². The summed E-state index contributed by atoms with van der Waals surface area (Å²) in [7, 11) is 3.30. The van der Waals surface area contributed by atoms with Crippen molar-refractivity contribution in [1.82, 2.24) is 4.57 Å². The first-order chi connectivity index (χ1) is 8.18. The third-order valence-electron chi connectivity index (χ3n) is 2.62. The second-order valence-corrected chi connectivity index (χ2v) is 5.73. The minimum atomic E-state index is -0.298. The molecule has 102 valence electrons. The van der Waals surface area contributed by atoms with E-state index in [0.29, 0.717) is 17.1 Å². The maximum atomic E-state index is 12.3. The average Bonchev–Trinajstić information content (AvgIpc) is 2.20. The molecule has 0 saturated carbocycles. The summed E-state index contributed by atoms with van der Waals surface area (Å²) in [5.41, 5.74) is 0.310. The van der Waals surface area contributed by atoms with Crippen molar-refractivity contribution in [3.8, 4) is 11.5 Å². The number of rotatable bonds is 3. The van der Waals surface area contributed by atoms with Gasteiger partial charge in [0.05, 0.1) is 25.0 Å². The van der Waals surface area contributed by atoms with E-state index < -0.39 is 0 Å². The Bertz CT molecular complexity index is 481. The topological polar surface area (TPSA) is 40.5 Å². The molecule has 4 nitrogen and oxygen atoms in total. The monoisotopic (exact) mass is 253 g/mol. The fraction of sp³-hybridized carbons (Fsp3) is 0.643. The molecule has 1 aromatic rings. The van der Waals surface area contributed by atoms with Crippen molar-refractivity contribution in [1.29, 1.82) is 0 Å². The molecule has 0 unspecified atom stereocenters. The highest BCUT2D eigenvalue weighted by atomic mass is 16.5. The molecule has 18 heavy (non-hydrogen) atoms. The normalized spacial score (nSPS) is 11.8. The number of hydrogen-bond acceptors (Lipinski definition) is 3.